The third kappa shape index (κ3) is 1.05. The maximum Gasteiger partial charge on any atom is 0.246 e. The molecular formula is C8H12N2O. The average molecular weight is 152 g/mol. The van der Waals surface area contributed by atoms with E-state index in [1.54, 1.807) is 0 Å². The zero-order valence-electron chi connectivity index (χ0n) is 6.42. The average Bonchev–Trinajstić information content (AvgIpc) is 2.02. The van der Waals surface area contributed by atoms with E-state index in [2.05, 4.69) is 11.9 Å². The molecule has 0 aromatic heterocycles. The Hall–Kier alpha value is -0.830. The van der Waals surface area contributed by atoms with E-state index < -0.39 is 0 Å². The molecule has 0 aliphatic carbocycles. The first-order valence-electron chi connectivity index (χ1n) is 3.97. The highest BCUT2D eigenvalue weighted by Gasteiger charge is 2.37. The van der Waals surface area contributed by atoms with Gasteiger partial charge in [-0.25, -0.2) is 0 Å². The van der Waals surface area contributed by atoms with Gasteiger partial charge >= 0.3 is 0 Å². The summed E-state index contributed by atoms with van der Waals surface area (Å²) in [5, 5.41) is 3.36. The summed E-state index contributed by atoms with van der Waals surface area (Å²) in [4.78, 5) is 13.0. The molecule has 3 aliphatic heterocycles. The molecule has 0 unspecified atom stereocenters. The SMILES string of the molecule is C=CC(=O)N1C[C@H]2C[C@@H](C1)N2. The normalized spacial score (nSPS) is 34.4. The number of carbonyl (C=O) groups is 1. The minimum absolute atomic E-state index is 0.0706. The lowest BCUT2D eigenvalue weighted by Crippen LogP contribution is -2.67. The fourth-order valence-corrected chi connectivity index (χ4v) is 1.82. The minimum atomic E-state index is 0.0706. The number of nitrogens with zero attached hydrogens (tertiary/aromatic N) is 1. The summed E-state index contributed by atoms with van der Waals surface area (Å²) in [6.45, 7) is 5.19. The van der Waals surface area contributed by atoms with Crippen molar-refractivity contribution in [2.75, 3.05) is 13.1 Å². The van der Waals surface area contributed by atoms with Crippen LogP contribution in [0.25, 0.3) is 0 Å². The van der Waals surface area contributed by atoms with Crippen molar-refractivity contribution in [3.8, 4) is 0 Å². The quantitative estimate of drug-likeness (QED) is 0.525. The lowest BCUT2D eigenvalue weighted by Gasteiger charge is -2.48. The van der Waals surface area contributed by atoms with E-state index in [9.17, 15) is 4.79 Å². The van der Waals surface area contributed by atoms with Gasteiger partial charge in [0.15, 0.2) is 0 Å². The van der Waals surface area contributed by atoms with Gasteiger partial charge in [0.25, 0.3) is 0 Å². The molecule has 3 nitrogen and oxygen atoms in total. The summed E-state index contributed by atoms with van der Waals surface area (Å²) in [5.74, 6) is 0.0706. The van der Waals surface area contributed by atoms with Crippen LogP contribution in [-0.4, -0.2) is 36.0 Å². The summed E-state index contributed by atoms with van der Waals surface area (Å²) < 4.78 is 0. The van der Waals surface area contributed by atoms with Crippen molar-refractivity contribution < 1.29 is 4.79 Å². The van der Waals surface area contributed by atoms with Gasteiger partial charge in [0.05, 0.1) is 0 Å². The van der Waals surface area contributed by atoms with Crippen molar-refractivity contribution in [1.82, 2.24) is 10.2 Å². The van der Waals surface area contributed by atoms with E-state index in [4.69, 9.17) is 0 Å². The Morgan fingerprint density at radius 1 is 1.55 bits per heavy atom. The Morgan fingerprint density at radius 2 is 2.09 bits per heavy atom. The van der Waals surface area contributed by atoms with Crippen LogP contribution < -0.4 is 5.32 Å². The second-order valence-corrected chi connectivity index (χ2v) is 3.24. The zero-order valence-corrected chi connectivity index (χ0v) is 6.42. The van der Waals surface area contributed by atoms with Gasteiger partial charge in [-0.3, -0.25) is 4.79 Å². The van der Waals surface area contributed by atoms with Crippen molar-refractivity contribution in [2.45, 2.75) is 18.5 Å². The van der Waals surface area contributed by atoms with Crippen LogP contribution in [0.15, 0.2) is 12.7 Å². The van der Waals surface area contributed by atoms with Gasteiger partial charge in [-0.1, -0.05) is 6.58 Å². The summed E-state index contributed by atoms with van der Waals surface area (Å²) >= 11 is 0. The van der Waals surface area contributed by atoms with E-state index >= 15 is 0 Å². The van der Waals surface area contributed by atoms with Gasteiger partial charge in [-0.05, 0) is 12.5 Å². The molecule has 0 saturated carbocycles. The van der Waals surface area contributed by atoms with E-state index in [1.165, 1.54) is 12.5 Å². The monoisotopic (exact) mass is 152 g/mol. The molecule has 3 heterocycles. The first kappa shape index (κ1) is 6.85. The Balaban J connectivity index is 1.96. The van der Waals surface area contributed by atoms with Gasteiger partial charge in [0.2, 0.25) is 5.91 Å². The van der Waals surface area contributed by atoms with Crippen LogP contribution in [0.4, 0.5) is 0 Å². The second-order valence-electron chi connectivity index (χ2n) is 3.24. The Labute approximate surface area is 66.1 Å². The maximum absolute atomic E-state index is 11.1. The topological polar surface area (TPSA) is 32.3 Å². The van der Waals surface area contributed by atoms with Crippen LogP contribution in [-0.2, 0) is 4.79 Å². The second kappa shape index (κ2) is 2.34. The molecule has 0 radical (unpaired) electrons. The molecular weight excluding hydrogens is 140 g/mol. The number of rotatable bonds is 1. The molecule has 2 atom stereocenters. The largest absolute Gasteiger partial charge is 0.336 e. The summed E-state index contributed by atoms with van der Waals surface area (Å²) in [7, 11) is 0. The number of carbonyl (C=O) groups excluding carboxylic acids is 1. The third-order valence-corrected chi connectivity index (χ3v) is 2.41. The van der Waals surface area contributed by atoms with Crippen LogP contribution >= 0.6 is 0 Å². The molecule has 3 rings (SSSR count). The van der Waals surface area contributed by atoms with E-state index in [0.29, 0.717) is 12.1 Å². The lowest BCUT2D eigenvalue weighted by molar-refractivity contribution is -0.129. The molecule has 3 saturated heterocycles. The molecule has 2 bridgehead atoms. The minimum Gasteiger partial charge on any atom is -0.336 e. The standard InChI is InChI=1S/C8H12N2O/c1-2-8(11)10-4-6-3-7(5-10)9-6/h2,6-7,9H,1,3-5H2/t6-,7+. The van der Waals surface area contributed by atoms with Gasteiger partial charge in [0, 0.05) is 25.2 Å². The maximum atomic E-state index is 11.1. The summed E-state index contributed by atoms with van der Waals surface area (Å²) in [6, 6.07) is 1.11. The van der Waals surface area contributed by atoms with Crippen molar-refractivity contribution in [1.29, 1.82) is 0 Å². The highest BCUT2D eigenvalue weighted by Crippen LogP contribution is 2.20. The first-order chi connectivity index (χ1) is 5.29. The lowest BCUT2D eigenvalue weighted by atomic mass is 9.91. The first-order valence-corrected chi connectivity index (χ1v) is 3.97. The summed E-state index contributed by atoms with van der Waals surface area (Å²) in [5.41, 5.74) is 0. The van der Waals surface area contributed by atoms with Crippen molar-refractivity contribution in [3.05, 3.63) is 12.7 Å². The van der Waals surface area contributed by atoms with Crippen LogP contribution in [0.3, 0.4) is 0 Å². The number of fused-ring (bicyclic) bond motifs is 2. The molecule has 0 spiro atoms. The summed E-state index contributed by atoms with van der Waals surface area (Å²) in [6.07, 6.45) is 2.63. The van der Waals surface area contributed by atoms with Crippen molar-refractivity contribution in [3.63, 3.8) is 0 Å². The number of amides is 1. The Morgan fingerprint density at radius 3 is 2.55 bits per heavy atom. The molecule has 3 aliphatic rings. The van der Waals surface area contributed by atoms with E-state index in [1.807, 2.05) is 4.90 Å². The van der Waals surface area contributed by atoms with Crippen LogP contribution in [0, 0.1) is 0 Å². The molecule has 0 aromatic rings. The Bertz CT molecular complexity index is 186. The zero-order chi connectivity index (χ0) is 7.84. The fourth-order valence-electron chi connectivity index (χ4n) is 1.82. The number of nitrogens with one attached hydrogen (secondary N) is 1. The molecule has 1 amide bonds. The smallest absolute Gasteiger partial charge is 0.246 e. The van der Waals surface area contributed by atoms with Crippen LogP contribution in [0.2, 0.25) is 0 Å². The molecule has 3 heteroatoms. The fraction of sp³-hybridized carbons (Fsp3) is 0.625. The molecule has 1 N–H and O–H groups in total. The number of hydrogen-bond donors (Lipinski definition) is 1. The van der Waals surface area contributed by atoms with Crippen LogP contribution in [0.5, 0.6) is 0 Å². The van der Waals surface area contributed by atoms with Crippen LogP contribution in [0.1, 0.15) is 6.42 Å². The molecule has 11 heavy (non-hydrogen) atoms. The Kier molecular flexibility index (Phi) is 1.46. The predicted octanol–water partition coefficient (Wildman–Crippen LogP) is -0.255. The highest BCUT2D eigenvalue weighted by molar-refractivity contribution is 5.87. The van der Waals surface area contributed by atoms with Gasteiger partial charge in [0.1, 0.15) is 0 Å². The van der Waals surface area contributed by atoms with Crippen molar-refractivity contribution >= 4 is 5.91 Å². The molecule has 0 aromatic carbocycles. The third-order valence-electron chi connectivity index (χ3n) is 2.41. The number of piperazine rings is 1. The molecule has 3 fully saturated rings. The van der Waals surface area contributed by atoms with Crippen molar-refractivity contribution in [2.24, 2.45) is 0 Å². The van der Waals surface area contributed by atoms with Gasteiger partial charge < -0.3 is 10.2 Å². The number of piperidine rings is 1. The predicted molar refractivity (Wildman–Crippen MR) is 42.1 cm³/mol. The van der Waals surface area contributed by atoms with Gasteiger partial charge in [-0.15, -0.1) is 0 Å². The molecule has 60 valence electrons. The van der Waals surface area contributed by atoms with E-state index in [-0.39, 0.29) is 5.91 Å². The van der Waals surface area contributed by atoms with E-state index in [0.717, 1.165) is 13.1 Å². The number of hydrogen-bond acceptors (Lipinski definition) is 2. The van der Waals surface area contributed by atoms with Gasteiger partial charge in [-0.2, -0.15) is 0 Å². The highest BCUT2D eigenvalue weighted by atomic mass is 16.2.